The van der Waals surface area contributed by atoms with Crippen molar-refractivity contribution in [3.05, 3.63) is 48.2 Å². The summed E-state index contributed by atoms with van der Waals surface area (Å²) in [5.41, 5.74) is 2.30. The fourth-order valence-electron chi connectivity index (χ4n) is 2.41. The van der Waals surface area contributed by atoms with Gasteiger partial charge in [-0.1, -0.05) is 43.3 Å². The van der Waals surface area contributed by atoms with E-state index in [1.165, 1.54) is 21.7 Å². The summed E-state index contributed by atoms with van der Waals surface area (Å²) in [5, 5.41) is 7.02. The molecule has 0 aliphatic heterocycles. The molecule has 2 nitrogen and oxygen atoms in total. The van der Waals surface area contributed by atoms with Crippen molar-refractivity contribution in [3.8, 4) is 0 Å². The van der Waals surface area contributed by atoms with Crippen LogP contribution in [0.5, 0.6) is 0 Å². The van der Waals surface area contributed by atoms with Gasteiger partial charge in [0.15, 0.2) is 0 Å². The van der Waals surface area contributed by atoms with Gasteiger partial charge in [-0.25, -0.2) is 0 Å². The van der Waals surface area contributed by atoms with Crippen molar-refractivity contribution in [3.63, 3.8) is 0 Å². The highest BCUT2D eigenvalue weighted by atomic mass is 16.3. The Bertz CT molecular complexity index is 669. The SMILES string of the molecule is CCNCCc1coc2c1ccc1ccccc12. The molecule has 0 amide bonds. The number of rotatable bonds is 4. The summed E-state index contributed by atoms with van der Waals surface area (Å²) in [5.74, 6) is 0. The number of hydrogen-bond donors (Lipinski definition) is 1. The third-order valence-electron chi connectivity index (χ3n) is 3.37. The Balaban J connectivity index is 2.06. The fraction of sp³-hybridized carbons (Fsp3) is 0.250. The molecule has 0 atom stereocenters. The van der Waals surface area contributed by atoms with E-state index in [1.807, 2.05) is 6.26 Å². The molecule has 92 valence electrons. The monoisotopic (exact) mass is 239 g/mol. The van der Waals surface area contributed by atoms with Crippen LogP contribution >= 0.6 is 0 Å². The van der Waals surface area contributed by atoms with E-state index in [0.717, 1.165) is 25.1 Å². The molecule has 2 heteroatoms. The van der Waals surface area contributed by atoms with Crippen molar-refractivity contribution in [2.45, 2.75) is 13.3 Å². The van der Waals surface area contributed by atoms with Crippen molar-refractivity contribution in [2.75, 3.05) is 13.1 Å². The van der Waals surface area contributed by atoms with E-state index < -0.39 is 0 Å². The Hall–Kier alpha value is -1.80. The molecule has 18 heavy (non-hydrogen) atoms. The summed E-state index contributed by atoms with van der Waals surface area (Å²) in [6, 6.07) is 12.7. The van der Waals surface area contributed by atoms with Crippen LogP contribution in [0.1, 0.15) is 12.5 Å². The van der Waals surface area contributed by atoms with Crippen LogP contribution in [0, 0.1) is 0 Å². The number of furan rings is 1. The lowest BCUT2D eigenvalue weighted by atomic mass is 10.0. The molecule has 3 aromatic rings. The Labute approximate surface area is 107 Å². The average molecular weight is 239 g/mol. The molecular weight excluding hydrogens is 222 g/mol. The number of nitrogens with one attached hydrogen (secondary N) is 1. The zero-order valence-corrected chi connectivity index (χ0v) is 10.6. The normalized spacial score (nSPS) is 11.4. The highest BCUT2D eigenvalue weighted by Gasteiger charge is 2.08. The third kappa shape index (κ3) is 1.89. The van der Waals surface area contributed by atoms with Gasteiger partial charge in [-0.2, -0.15) is 0 Å². The van der Waals surface area contributed by atoms with Crippen molar-refractivity contribution in [1.82, 2.24) is 5.32 Å². The lowest BCUT2D eigenvalue weighted by Gasteiger charge is -2.01. The molecule has 1 heterocycles. The van der Waals surface area contributed by atoms with E-state index in [-0.39, 0.29) is 0 Å². The maximum absolute atomic E-state index is 5.77. The highest BCUT2D eigenvalue weighted by Crippen LogP contribution is 2.29. The van der Waals surface area contributed by atoms with Gasteiger partial charge in [0.1, 0.15) is 5.58 Å². The molecular formula is C16H17NO. The fourth-order valence-corrected chi connectivity index (χ4v) is 2.41. The van der Waals surface area contributed by atoms with Crippen LogP contribution in [0.25, 0.3) is 21.7 Å². The summed E-state index contributed by atoms with van der Waals surface area (Å²) in [7, 11) is 0. The van der Waals surface area contributed by atoms with Gasteiger partial charge >= 0.3 is 0 Å². The van der Waals surface area contributed by atoms with E-state index >= 15 is 0 Å². The van der Waals surface area contributed by atoms with Crippen LogP contribution in [0.4, 0.5) is 0 Å². The molecule has 0 unspecified atom stereocenters. The molecule has 0 saturated heterocycles. The van der Waals surface area contributed by atoms with Crippen LogP contribution in [0.3, 0.4) is 0 Å². The molecule has 0 aliphatic carbocycles. The molecule has 0 fully saturated rings. The second-order valence-electron chi connectivity index (χ2n) is 4.53. The van der Waals surface area contributed by atoms with E-state index in [1.54, 1.807) is 0 Å². The van der Waals surface area contributed by atoms with Crippen molar-refractivity contribution in [2.24, 2.45) is 0 Å². The quantitative estimate of drug-likeness (QED) is 0.702. The molecule has 2 aromatic carbocycles. The third-order valence-corrected chi connectivity index (χ3v) is 3.37. The van der Waals surface area contributed by atoms with Gasteiger partial charge in [0.2, 0.25) is 0 Å². The van der Waals surface area contributed by atoms with Crippen LogP contribution < -0.4 is 5.32 Å². The van der Waals surface area contributed by atoms with Crippen LogP contribution in [0.2, 0.25) is 0 Å². The van der Waals surface area contributed by atoms with E-state index in [4.69, 9.17) is 4.42 Å². The first-order valence-electron chi connectivity index (χ1n) is 6.48. The predicted octanol–water partition coefficient (Wildman–Crippen LogP) is 3.74. The summed E-state index contributed by atoms with van der Waals surface area (Å²) in [4.78, 5) is 0. The summed E-state index contributed by atoms with van der Waals surface area (Å²) in [6.45, 7) is 4.14. The maximum atomic E-state index is 5.77. The van der Waals surface area contributed by atoms with Gasteiger partial charge in [-0.05, 0) is 30.5 Å². The summed E-state index contributed by atoms with van der Waals surface area (Å²) < 4.78 is 5.77. The van der Waals surface area contributed by atoms with Gasteiger partial charge in [-0.15, -0.1) is 0 Å². The van der Waals surface area contributed by atoms with Crippen molar-refractivity contribution < 1.29 is 4.42 Å². The second kappa shape index (κ2) is 4.83. The van der Waals surface area contributed by atoms with Crippen molar-refractivity contribution in [1.29, 1.82) is 0 Å². The first-order valence-corrected chi connectivity index (χ1v) is 6.48. The van der Waals surface area contributed by atoms with Gasteiger partial charge in [-0.3, -0.25) is 0 Å². The van der Waals surface area contributed by atoms with Gasteiger partial charge < -0.3 is 9.73 Å². The van der Waals surface area contributed by atoms with Crippen molar-refractivity contribution >= 4 is 21.7 Å². The molecule has 3 rings (SSSR count). The minimum Gasteiger partial charge on any atom is -0.463 e. The van der Waals surface area contributed by atoms with E-state index in [9.17, 15) is 0 Å². The van der Waals surface area contributed by atoms with Crippen LogP contribution in [-0.4, -0.2) is 13.1 Å². The molecule has 0 radical (unpaired) electrons. The summed E-state index contributed by atoms with van der Waals surface area (Å²) in [6.07, 6.45) is 2.91. The number of fused-ring (bicyclic) bond motifs is 3. The predicted molar refractivity (Wildman–Crippen MR) is 76.0 cm³/mol. The van der Waals surface area contributed by atoms with Crippen LogP contribution in [-0.2, 0) is 6.42 Å². The number of hydrogen-bond acceptors (Lipinski definition) is 2. The summed E-state index contributed by atoms with van der Waals surface area (Å²) >= 11 is 0. The molecule has 0 aliphatic rings. The smallest absolute Gasteiger partial charge is 0.141 e. The maximum Gasteiger partial charge on any atom is 0.141 e. The van der Waals surface area contributed by atoms with Gasteiger partial charge in [0, 0.05) is 10.8 Å². The Morgan fingerprint density at radius 3 is 2.83 bits per heavy atom. The number of benzene rings is 2. The van der Waals surface area contributed by atoms with Crippen LogP contribution in [0.15, 0.2) is 47.1 Å². The zero-order valence-electron chi connectivity index (χ0n) is 10.6. The van der Waals surface area contributed by atoms with E-state index in [2.05, 4.69) is 48.6 Å². The lowest BCUT2D eigenvalue weighted by Crippen LogP contribution is -2.15. The first-order chi connectivity index (χ1) is 8.90. The van der Waals surface area contributed by atoms with E-state index in [0.29, 0.717) is 0 Å². The minimum absolute atomic E-state index is 0.998. The number of likely N-dealkylation sites (N-methyl/N-ethyl adjacent to an activating group) is 1. The Morgan fingerprint density at radius 2 is 1.94 bits per heavy atom. The zero-order chi connectivity index (χ0) is 12.4. The largest absolute Gasteiger partial charge is 0.463 e. The standard InChI is InChI=1S/C16H17NO/c1-2-17-10-9-13-11-18-16-14-6-4-3-5-12(14)7-8-15(13)16/h3-8,11,17H,2,9-10H2,1H3. The Morgan fingerprint density at radius 1 is 1.06 bits per heavy atom. The topological polar surface area (TPSA) is 25.2 Å². The molecule has 1 N–H and O–H groups in total. The molecule has 0 bridgehead atoms. The Kier molecular flexibility index (Phi) is 3.03. The van der Waals surface area contributed by atoms with Gasteiger partial charge in [0.05, 0.1) is 6.26 Å². The average Bonchev–Trinajstić information content (AvgIpc) is 2.83. The second-order valence-corrected chi connectivity index (χ2v) is 4.53. The first kappa shape index (κ1) is 11.3. The highest BCUT2D eigenvalue weighted by molar-refractivity contribution is 6.05. The minimum atomic E-state index is 0.998. The molecule has 0 spiro atoms. The van der Waals surface area contributed by atoms with Gasteiger partial charge in [0.25, 0.3) is 0 Å². The lowest BCUT2D eigenvalue weighted by molar-refractivity contribution is 0.610. The molecule has 1 aromatic heterocycles. The molecule has 0 saturated carbocycles.